The normalized spacial score (nSPS) is 12.5. The fourth-order valence-electron chi connectivity index (χ4n) is 1.13. The average Bonchev–Trinajstić information content (AvgIpc) is 2.51. The molecule has 1 rings (SSSR count). The van der Waals surface area contributed by atoms with Crippen molar-refractivity contribution >= 4 is 11.6 Å². The summed E-state index contributed by atoms with van der Waals surface area (Å²) in [5.41, 5.74) is 6.22. The molecular weight excluding hydrogens is 180 g/mol. The van der Waals surface area contributed by atoms with E-state index in [2.05, 4.69) is 17.3 Å². The van der Waals surface area contributed by atoms with Crippen LogP contribution in [0.4, 0.5) is 5.69 Å². The summed E-state index contributed by atoms with van der Waals surface area (Å²) >= 11 is 0. The molecule has 0 radical (unpaired) electrons. The molecule has 0 aliphatic rings. The predicted molar refractivity (Wildman–Crippen MR) is 54.7 cm³/mol. The van der Waals surface area contributed by atoms with Crippen molar-refractivity contribution in [1.29, 1.82) is 0 Å². The van der Waals surface area contributed by atoms with Crippen molar-refractivity contribution in [2.45, 2.75) is 20.4 Å². The number of aromatic nitrogens is 2. The summed E-state index contributed by atoms with van der Waals surface area (Å²) in [4.78, 5) is 10.7. The zero-order valence-electron chi connectivity index (χ0n) is 8.53. The smallest absolute Gasteiger partial charge is 0.221 e. The first-order chi connectivity index (χ1) is 6.61. The van der Waals surface area contributed by atoms with Gasteiger partial charge in [-0.05, 0) is 12.5 Å². The van der Waals surface area contributed by atoms with E-state index in [1.165, 1.54) is 6.92 Å². The lowest BCUT2D eigenvalue weighted by molar-refractivity contribution is -0.114. The molecule has 0 aliphatic heterocycles. The summed E-state index contributed by atoms with van der Waals surface area (Å²) < 4.78 is 1.78. The van der Waals surface area contributed by atoms with Crippen LogP contribution in [-0.4, -0.2) is 22.2 Å². The van der Waals surface area contributed by atoms with Gasteiger partial charge in [0.2, 0.25) is 5.91 Å². The van der Waals surface area contributed by atoms with Gasteiger partial charge in [-0.25, -0.2) is 0 Å². The van der Waals surface area contributed by atoms with Crippen molar-refractivity contribution in [2.75, 3.05) is 11.9 Å². The zero-order valence-corrected chi connectivity index (χ0v) is 8.53. The molecule has 0 bridgehead atoms. The summed E-state index contributed by atoms with van der Waals surface area (Å²) in [5.74, 6) is 0.302. The maximum Gasteiger partial charge on any atom is 0.221 e. The first-order valence-electron chi connectivity index (χ1n) is 4.62. The van der Waals surface area contributed by atoms with E-state index in [-0.39, 0.29) is 5.91 Å². The highest BCUT2D eigenvalue weighted by Gasteiger charge is 2.03. The van der Waals surface area contributed by atoms with Crippen molar-refractivity contribution in [3.05, 3.63) is 12.4 Å². The number of hydrogen-bond acceptors (Lipinski definition) is 3. The second kappa shape index (κ2) is 4.76. The van der Waals surface area contributed by atoms with Gasteiger partial charge in [-0.2, -0.15) is 5.10 Å². The molecule has 0 fully saturated rings. The van der Waals surface area contributed by atoms with Gasteiger partial charge in [-0.15, -0.1) is 0 Å². The highest BCUT2D eigenvalue weighted by atomic mass is 16.1. The standard InChI is InChI=1S/C9H16N4O/c1-7(3-10)5-13-6-9(4-11-13)12-8(2)14/h4,6-7H,3,5,10H2,1-2H3,(H,12,14). The molecule has 0 aromatic carbocycles. The minimum Gasteiger partial charge on any atom is -0.330 e. The number of nitrogens with zero attached hydrogens (tertiary/aromatic N) is 2. The summed E-state index contributed by atoms with van der Waals surface area (Å²) in [6.07, 6.45) is 3.43. The van der Waals surface area contributed by atoms with Crippen LogP contribution in [0.3, 0.4) is 0 Å². The molecule has 0 spiro atoms. The Morgan fingerprint density at radius 1 is 1.79 bits per heavy atom. The van der Waals surface area contributed by atoms with Crippen LogP contribution in [0.25, 0.3) is 0 Å². The van der Waals surface area contributed by atoms with E-state index in [1.807, 2.05) is 0 Å². The third-order valence-electron chi connectivity index (χ3n) is 1.85. The highest BCUT2D eigenvalue weighted by Crippen LogP contribution is 2.06. The van der Waals surface area contributed by atoms with Crippen LogP contribution in [0.5, 0.6) is 0 Å². The van der Waals surface area contributed by atoms with E-state index in [0.717, 1.165) is 12.2 Å². The van der Waals surface area contributed by atoms with Crippen LogP contribution in [0.1, 0.15) is 13.8 Å². The summed E-state index contributed by atoms with van der Waals surface area (Å²) in [5, 5.41) is 6.77. The molecular formula is C9H16N4O. The minimum atomic E-state index is -0.0866. The van der Waals surface area contributed by atoms with Crippen LogP contribution in [-0.2, 0) is 11.3 Å². The topological polar surface area (TPSA) is 72.9 Å². The van der Waals surface area contributed by atoms with E-state index >= 15 is 0 Å². The molecule has 1 amide bonds. The van der Waals surface area contributed by atoms with Gasteiger partial charge >= 0.3 is 0 Å². The monoisotopic (exact) mass is 196 g/mol. The Morgan fingerprint density at radius 2 is 2.50 bits per heavy atom. The summed E-state index contributed by atoms with van der Waals surface area (Å²) in [6, 6.07) is 0. The summed E-state index contributed by atoms with van der Waals surface area (Å²) in [6.45, 7) is 4.94. The number of amides is 1. The van der Waals surface area contributed by atoms with Crippen LogP contribution in [0.2, 0.25) is 0 Å². The van der Waals surface area contributed by atoms with E-state index in [1.54, 1.807) is 17.1 Å². The molecule has 1 atom stereocenters. The van der Waals surface area contributed by atoms with Gasteiger partial charge in [0.15, 0.2) is 0 Å². The molecule has 1 unspecified atom stereocenters. The molecule has 0 saturated carbocycles. The first kappa shape index (κ1) is 10.7. The van der Waals surface area contributed by atoms with Crippen molar-refractivity contribution in [3.63, 3.8) is 0 Å². The van der Waals surface area contributed by atoms with Crippen molar-refractivity contribution in [3.8, 4) is 0 Å². The van der Waals surface area contributed by atoms with Gasteiger partial charge in [-0.1, -0.05) is 6.92 Å². The molecule has 1 aromatic heterocycles. The second-order valence-electron chi connectivity index (χ2n) is 3.47. The molecule has 5 nitrogen and oxygen atoms in total. The average molecular weight is 196 g/mol. The molecule has 14 heavy (non-hydrogen) atoms. The Hall–Kier alpha value is -1.36. The van der Waals surface area contributed by atoms with E-state index in [9.17, 15) is 4.79 Å². The number of nitrogens with two attached hydrogens (primary N) is 1. The quantitative estimate of drug-likeness (QED) is 0.733. The number of rotatable bonds is 4. The van der Waals surface area contributed by atoms with Crippen molar-refractivity contribution < 1.29 is 4.79 Å². The molecule has 78 valence electrons. The van der Waals surface area contributed by atoms with E-state index in [4.69, 9.17) is 5.73 Å². The molecule has 5 heteroatoms. The van der Waals surface area contributed by atoms with Gasteiger partial charge in [0, 0.05) is 19.7 Å². The maximum atomic E-state index is 10.7. The lowest BCUT2D eigenvalue weighted by Crippen LogP contribution is -2.17. The SMILES string of the molecule is CC(=O)Nc1cnn(CC(C)CN)c1. The Kier molecular flexibility index (Phi) is 3.64. The molecule has 3 N–H and O–H groups in total. The fourth-order valence-corrected chi connectivity index (χ4v) is 1.13. The fraction of sp³-hybridized carbons (Fsp3) is 0.556. The maximum absolute atomic E-state index is 10.7. The van der Waals surface area contributed by atoms with Gasteiger partial charge < -0.3 is 11.1 Å². The first-order valence-corrected chi connectivity index (χ1v) is 4.62. The van der Waals surface area contributed by atoms with Gasteiger partial charge in [0.1, 0.15) is 0 Å². The van der Waals surface area contributed by atoms with Crippen molar-refractivity contribution in [2.24, 2.45) is 11.7 Å². The Labute approximate surface area is 83.3 Å². The van der Waals surface area contributed by atoms with Crippen molar-refractivity contribution in [1.82, 2.24) is 9.78 Å². The number of hydrogen-bond donors (Lipinski definition) is 2. The number of carbonyl (C=O) groups is 1. The summed E-state index contributed by atoms with van der Waals surface area (Å²) in [7, 11) is 0. The van der Waals surface area contributed by atoms with Crippen LogP contribution in [0, 0.1) is 5.92 Å². The molecule has 0 aliphatic carbocycles. The van der Waals surface area contributed by atoms with Gasteiger partial charge in [0.05, 0.1) is 11.9 Å². The highest BCUT2D eigenvalue weighted by molar-refractivity contribution is 5.88. The molecule has 0 saturated heterocycles. The lowest BCUT2D eigenvalue weighted by Gasteiger charge is -2.07. The molecule has 1 heterocycles. The third kappa shape index (κ3) is 3.18. The molecule has 1 aromatic rings. The number of carbonyl (C=O) groups excluding carboxylic acids is 1. The Morgan fingerprint density at radius 3 is 3.07 bits per heavy atom. The van der Waals surface area contributed by atoms with Gasteiger partial charge in [-0.3, -0.25) is 9.48 Å². The van der Waals surface area contributed by atoms with Crippen LogP contribution >= 0.6 is 0 Å². The second-order valence-corrected chi connectivity index (χ2v) is 3.47. The van der Waals surface area contributed by atoms with Crippen LogP contribution < -0.4 is 11.1 Å². The van der Waals surface area contributed by atoms with Crippen LogP contribution in [0.15, 0.2) is 12.4 Å². The van der Waals surface area contributed by atoms with E-state index < -0.39 is 0 Å². The van der Waals surface area contributed by atoms with Gasteiger partial charge in [0.25, 0.3) is 0 Å². The Bertz CT molecular complexity index is 308. The number of nitrogens with one attached hydrogen (secondary N) is 1. The van der Waals surface area contributed by atoms with E-state index in [0.29, 0.717) is 12.5 Å². The predicted octanol–water partition coefficient (Wildman–Crippen LogP) is 0.436. The lowest BCUT2D eigenvalue weighted by atomic mass is 10.2. The zero-order chi connectivity index (χ0) is 10.6. The third-order valence-corrected chi connectivity index (χ3v) is 1.85. The largest absolute Gasteiger partial charge is 0.330 e. The minimum absolute atomic E-state index is 0.0866. The Balaban J connectivity index is 2.54. The number of anilines is 1.